The SMILES string of the molecule is Bc1cc(Br)c(NC)c(OC)c1N. The molecule has 13 heavy (non-hydrogen) atoms. The Hall–Kier alpha value is -0.835. The van der Waals surface area contributed by atoms with Gasteiger partial charge in [0, 0.05) is 11.5 Å². The Kier molecular flexibility index (Phi) is 3.09. The minimum absolute atomic E-state index is 0.676. The van der Waals surface area contributed by atoms with E-state index in [0.717, 1.165) is 15.6 Å². The number of nitrogens with one attached hydrogen (secondary N) is 1. The van der Waals surface area contributed by atoms with Gasteiger partial charge in [-0.1, -0.05) is 5.46 Å². The maximum atomic E-state index is 5.85. The lowest BCUT2D eigenvalue weighted by Gasteiger charge is -2.14. The lowest BCUT2D eigenvalue weighted by Crippen LogP contribution is -2.13. The van der Waals surface area contributed by atoms with Crippen molar-refractivity contribution < 1.29 is 4.74 Å². The van der Waals surface area contributed by atoms with E-state index in [-0.39, 0.29) is 0 Å². The van der Waals surface area contributed by atoms with Gasteiger partial charge in [0.1, 0.15) is 7.85 Å². The molecule has 0 radical (unpaired) electrons. The zero-order chi connectivity index (χ0) is 10.0. The highest BCUT2D eigenvalue weighted by Gasteiger charge is 2.11. The molecule has 0 saturated heterocycles. The molecular formula is C8H12BBrN2O. The summed E-state index contributed by atoms with van der Waals surface area (Å²) in [5.74, 6) is 0.689. The molecule has 1 rings (SSSR count). The Morgan fingerprint density at radius 1 is 1.62 bits per heavy atom. The molecule has 0 bridgehead atoms. The van der Waals surface area contributed by atoms with Gasteiger partial charge in [0.15, 0.2) is 5.75 Å². The van der Waals surface area contributed by atoms with Gasteiger partial charge >= 0.3 is 0 Å². The van der Waals surface area contributed by atoms with Crippen LogP contribution in [-0.2, 0) is 0 Å². The van der Waals surface area contributed by atoms with E-state index in [4.69, 9.17) is 10.5 Å². The molecule has 0 aliphatic carbocycles. The summed E-state index contributed by atoms with van der Waals surface area (Å²) in [5, 5.41) is 3.03. The fourth-order valence-electron chi connectivity index (χ4n) is 1.21. The maximum absolute atomic E-state index is 5.85. The van der Waals surface area contributed by atoms with Crippen LogP contribution in [0.15, 0.2) is 10.5 Å². The first-order valence-electron chi connectivity index (χ1n) is 3.92. The monoisotopic (exact) mass is 242 g/mol. The summed E-state index contributed by atoms with van der Waals surface area (Å²) in [7, 11) is 5.39. The van der Waals surface area contributed by atoms with Crippen molar-refractivity contribution in [3.05, 3.63) is 10.5 Å². The number of nitrogen functional groups attached to an aromatic ring is 1. The molecule has 3 N–H and O–H groups in total. The molecule has 3 nitrogen and oxygen atoms in total. The van der Waals surface area contributed by atoms with Crippen molar-refractivity contribution in [2.24, 2.45) is 0 Å². The van der Waals surface area contributed by atoms with Crippen LogP contribution in [-0.4, -0.2) is 22.0 Å². The number of halogens is 1. The number of methoxy groups -OCH3 is 1. The second-order valence-electron chi connectivity index (χ2n) is 2.75. The molecule has 0 spiro atoms. The fourth-order valence-corrected chi connectivity index (χ4v) is 1.93. The van der Waals surface area contributed by atoms with Crippen LogP contribution in [0.1, 0.15) is 0 Å². The largest absolute Gasteiger partial charge is 0.492 e. The highest BCUT2D eigenvalue weighted by atomic mass is 79.9. The summed E-state index contributed by atoms with van der Waals surface area (Å²) in [6, 6.07) is 1.96. The number of ether oxygens (including phenoxy) is 1. The summed E-state index contributed by atoms with van der Waals surface area (Å²) >= 11 is 3.44. The van der Waals surface area contributed by atoms with Crippen LogP contribution >= 0.6 is 15.9 Å². The van der Waals surface area contributed by atoms with Gasteiger partial charge < -0.3 is 15.8 Å². The van der Waals surface area contributed by atoms with Crippen LogP contribution in [0, 0.1) is 0 Å². The summed E-state index contributed by atoms with van der Waals surface area (Å²) < 4.78 is 6.17. The normalized spacial score (nSPS) is 9.77. The topological polar surface area (TPSA) is 47.3 Å². The van der Waals surface area contributed by atoms with Gasteiger partial charge in [-0.3, -0.25) is 0 Å². The lowest BCUT2D eigenvalue weighted by atomic mass is 9.93. The first-order chi connectivity index (χ1) is 6.11. The van der Waals surface area contributed by atoms with Crippen molar-refractivity contribution in [3.8, 4) is 5.75 Å². The smallest absolute Gasteiger partial charge is 0.165 e. The molecular weight excluding hydrogens is 231 g/mol. The van der Waals surface area contributed by atoms with Crippen LogP contribution in [0.5, 0.6) is 5.75 Å². The molecule has 0 amide bonds. The minimum Gasteiger partial charge on any atom is -0.492 e. The summed E-state index contributed by atoms with van der Waals surface area (Å²) in [6.07, 6.45) is 0. The molecule has 0 aliphatic heterocycles. The van der Waals surface area contributed by atoms with E-state index in [2.05, 4.69) is 21.2 Å². The van der Waals surface area contributed by atoms with Gasteiger partial charge in [-0.2, -0.15) is 0 Å². The fraction of sp³-hybridized carbons (Fsp3) is 0.250. The first-order valence-corrected chi connectivity index (χ1v) is 4.71. The number of hydrogen-bond donors (Lipinski definition) is 2. The number of benzene rings is 1. The number of anilines is 2. The van der Waals surface area contributed by atoms with Crippen molar-refractivity contribution in [1.29, 1.82) is 0 Å². The van der Waals surface area contributed by atoms with Crippen molar-refractivity contribution in [2.45, 2.75) is 0 Å². The average Bonchev–Trinajstić information content (AvgIpc) is 2.10. The van der Waals surface area contributed by atoms with E-state index >= 15 is 0 Å². The van der Waals surface area contributed by atoms with Gasteiger partial charge in [0.25, 0.3) is 0 Å². The van der Waals surface area contributed by atoms with E-state index in [9.17, 15) is 0 Å². The summed E-state index contributed by atoms with van der Waals surface area (Å²) in [5.41, 5.74) is 8.41. The van der Waals surface area contributed by atoms with Crippen LogP contribution < -0.4 is 21.3 Å². The van der Waals surface area contributed by atoms with Crippen LogP contribution in [0.3, 0.4) is 0 Å². The number of nitrogens with two attached hydrogens (primary N) is 1. The molecule has 70 valence electrons. The number of rotatable bonds is 2. The predicted octanol–water partition coefficient (Wildman–Crippen LogP) is 0.340. The molecule has 0 aromatic heterocycles. The Bertz CT molecular complexity index is 330. The Balaban J connectivity index is 3.41. The molecule has 0 unspecified atom stereocenters. The van der Waals surface area contributed by atoms with E-state index in [1.165, 1.54) is 0 Å². The van der Waals surface area contributed by atoms with Crippen molar-refractivity contribution in [3.63, 3.8) is 0 Å². The standard InChI is InChI=1S/C8H12BBrN2O/c1-12-7-5(10)3-4(9)6(11)8(7)13-2/h3,12H,9,11H2,1-2H3. The maximum Gasteiger partial charge on any atom is 0.165 e. The lowest BCUT2D eigenvalue weighted by molar-refractivity contribution is 0.419. The zero-order valence-electron chi connectivity index (χ0n) is 7.94. The van der Waals surface area contributed by atoms with Gasteiger partial charge in [-0.15, -0.1) is 0 Å². The predicted molar refractivity (Wildman–Crippen MR) is 62.8 cm³/mol. The van der Waals surface area contributed by atoms with E-state index in [0.29, 0.717) is 11.4 Å². The van der Waals surface area contributed by atoms with Crippen LogP contribution in [0.4, 0.5) is 11.4 Å². The highest BCUT2D eigenvalue weighted by molar-refractivity contribution is 9.10. The van der Waals surface area contributed by atoms with Gasteiger partial charge in [-0.25, -0.2) is 0 Å². The molecule has 0 heterocycles. The molecule has 5 heteroatoms. The second-order valence-corrected chi connectivity index (χ2v) is 3.60. The third-order valence-corrected chi connectivity index (χ3v) is 2.56. The third kappa shape index (κ3) is 1.75. The van der Waals surface area contributed by atoms with Crippen LogP contribution in [0.25, 0.3) is 0 Å². The third-order valence-electron chi connectivity index (χ3n) is 1.93. The van der Waals surface area contributed by atoms with Crippen molar-refractivity contribution in [2.75, 3.05) is 25.2 Å². The minimum atomic E-state index is 0.676. The Labute approximate surface area is 87.2 Å². The van der Waals surface area contributed by atoms with Crippen LogP contribution in [0.2, 0.25) is 0 Å². The number of hydrogen-bond acceptors (Lipinski definition) is 3. The van der Waals surface area contributed by atoms with E-state index in [1.54, 1.807) is 7.11 Å². The first kappa shape index (κ1) is 10.2. The summed E-state index contributed by atoms with van der Waals surface area (Å²) in [4.78, 5) is 0. The molecule has 0 saturated carbocycles. The summed E-state index contributed by atoms with van der Waals surface area (Å²) in [6.45, 7) is 0. The molecule has 1 aromatic rings. The Morgan fingerprint density at radius 3 is 2.69 bits per heavy atom. The Morgan fingerprint density at radius 2 is 2.23 bits per heavy atom. The molecule has 0 aliphatic rings. The van der Waals surface area contributed by atoms with E-state index < -0.39 is 0 Å². The molecule has 0 fully saturated rings. The van der Waals surface area contributed by atoms with Crippen molar-refractivity contribution in [1.82, 2.24) is 0 Å². The highest BCUT2D eigenvalue weighted by Crippen LogP contribution is 2.35. The average molecular weight is 243 g/mol. The zero-order valence-corrected chi connectivity index (χ0v) is 9.53. The van der Waals surface area contributed by atoms with Crippen molar-refractivity contribution >= 4 is 40.6 Å². The second kappa shape index (κ2) is 3.92. The van der Waals surface area contributed by atoms with Gasteiger partial charge in [0.05, 0.1) is 18.5 Å². The molecule has 1 aromatic carbocycles. The van der Waals surface area contributed by atoms with E-state index in [1.807, 2.05) is 21.0 Å². The quantitative estimate of drug-likeness (QED) is 0.581. The van der Waals surface area contributed by atoms with Gasteiger partial charge in [-0.05, 0) is 22.0 Å². The molecule has 0 atom stereocenters. The van der Waals surface area contributed by atoms with Gasteiger partial charge in [0.2, 0.25) is 0 Å².